The highest BCUT2D eigenvalue weighted by atomic mass is 19.1. The molecule has 0 aromatic heterocycles. The number of halogens is 1. The Morgan fingerprint density at radius 3 is 2.56 bits per heavy atom. The lowest BCUT2D eigenvalue weighted by molar-refractivity contribution is 0.209. The van der Waals surface area contributed by atoms with Crippen molar-refractivity contribution in [3.05, 3.63) is 30.1 Å². The SMILES string of the molecule is CC(CN)N(C)C(=O)Nc1ccc(F)cc1. The number of carbonyl (C=O) groups is 1. The molecular formula is C11H16FN3O. The number of nitrogens with one attached hydrogen (secondary N) is 1. The maximum absolute atomic E-state index is 12.6. The van der Waals surface area contributed by atoms with Crippen molar-refractivity contribution in [3.63, 3.8) is 0 Å². The number of nitrogens with two attached hydrogens (primary N) is 1. The Morgan fingerprint density at radius 2 is 2.06 bits per heavy atom. The van der Waals surface area contributed by atoms with Crippen LogP contribution in [0.3, 0.4) is 0 Å². The molecule has 0 saturated heterocycles. The average molecular weight is 225 g/mol. The molecule has 0 spiro atoms. The van der Waals surface area contributed by atoms with Crippen LogP contribution in [-0.4, -0.2) is 30.6 Å². The van der Waals surface area contributed by atoms with Crippen LogP contribution in [0, 0.1) is 5.82 Å². The zero-order valence-corrected chi connectivity index (χ0v) is 9.40. The van der Waals surface area contributed by atoms with E-state index < -0.39 is 0 Å². The molecule has 4 nitrogen and oxygen atoms in total. The van der Waals surface area contributed by atoms with E-state index in [9.17, 15) is 9.18 Å². The number of amides is 2. The smallest absolute Gasteiger partial charge is 0.321 e. The van der Waals surface area contributed by atoms with E-state index in [0.717, 1.165) is 0 Å². The number of urea groups is 1. The molecule has 5 heteroatoms. The molecule has 0 radical (unpaired) electrons. The van der Waals surface area contributed by atoms with E-state index in [1.54, 1.807) is 7.05 Å². The minimum absolute atomic E-state index is 0.0413. The largest absolute Gasteiger partial charge is 0.328 e. The van der Waals surface area contributed by atoms with Crippen LogP contribution >= 0.6 is 0 Å². The summed E-state index contributed by atoms with van der Waals surface area (Å²) in [5.41, 5.74) is 6.01. The number of likely N-dealkylation sites (N-methyl/N-ethyl adjacent to an activating group) is 1. The zero-order valence-electron chi connectivity index (χ0n) is 9.40. The van der Waals surface area contributed by atoms with Crippen LogP contribution in [0.1, 0.15) is 6.92 Å². The summed E-state index contributed by atoms with van der Waals surface area (Å²) in [5, 5.41) is 2.65. The molecule has 2 amide bonds. The van der Waals surface area contributed by atoms with Gasteiger partial charge in [0, 0.05) is 25.3 Å². The van der Waals surface area contributed by atoms with Crippen LogP contribution in [0.4, 0.5) is 14.9 Å². The van der Waals surface area contributed by atoms with Crippen molar-refractivity contribution < 1.29 is 9.18 Å². The van der Waals surface area contributed by atoms with E-state index in [2.05, 4.69) is 5.32 Å². The average Bonchev–Trinajstić information content (AvgIpc) is 2.30. The number of benzene rings is 1. The van der Waals surface area contributed by atoms with Crippen LogP contribution in [0.2, 0.25) is 0 Å². The molecule has 0 heterocycles. The molecule has 0 saturated carbocycles. The molecule has 1 aromatic carbocycles. The van der Waals surface area contributed by atoms with E-state index >= 15 is 0 Å². The van der Waals surface area contributed by atoms with Gasteiger partial charge in [-0.3, -0.25) is 0 Å². The summed E-state index contributed by atoms with van der Waals surface area (Å²) in [6.07, 6.45) is 0. The summed E-state index contributed by atoms with van der Waals surface area (Å²) in [6.45, 7) is 2.25. The second-order valence-electron chi connectivity index (χ2n) is 3.63. The summed E-state index contributed by atoms with van der Waals surface area (Å²) in [6, 6.07) is 5.30. The lowest BCUT2D eigenvalue weighted by Crippen LogP contribution is -2.42. The Bertz CT molecular complexity index is 353. The van der Waals surface area contributed by atoms with Gasteiger partial charge in [-0.15, -0.1) is 0 Å². The molecule has 1 unspecified atom stereocenters. The van der Waals surface area contributed by atoms with E-state index in [0.29, 0.717) is 12.2 Å². The van der Waals surface area contributed by atoms with Gasteiger partial charge in [0.1, 0.15) is 5.82 Å². The van der Waals surface area contributed by atoms with Crippen molar-refractivity contribution in [1.29, 1.82) is 0 Å². The molecular weight excluding hydrogens is 209 g/mol. The molecule has 1 atom stereocenters. The van der Waals surface area contributed by atoms with Gasteiger partial charge in [0.25, 0.3) is 0 Å². The molecule has 1 aromatic rings. The number of carbonyl (C=O) groups excluding carboxylic acids is 1. The molecule has 0 fully saturated rings. The third kappa shape index (κ3) is 3.20. The third-order valence-corrected chi connectivity index (χ3v) is 2.42. The topological polar surface area (TPSA) is 58.4 Å². The number of anilines is 1. The van der Waals surface area contributed by atoms with Crippen LogP contribution in [0.25, 0.3) is 0 Å². The fraction of sp³-hybridized carbons (Fsp3) is 0.364. The molecule has 0 bridgehead atoms. The summed E-state index contributed by atoms with van der Waals surface area (Å²) < 4.78 is 12.6. The van der Waals surface area contributed by atoms with Crippen LogP contribution < -0.4 is 11.1 Å². The molecule has 0 aliphatic carbocycles. The van der Waals surface area contributed by atoms with Crippen LogP contribution in [0.15, 0.2) is 24.3 Å². The van der Waals surface area contributed by atoms with Crippen molar-refractivity contribution in [2.75, 3.05) is 18.9 Å². The van der Waals surface area contributed by atoms with Crippen LogP contribution in [-0.2, 0) is 0 Å². The van der Waals surface area contributed by atoms with Crippen molar-refractivity contribution in [3.8, 4) is 0 Å². The first-order valence-corrected chi connectivity index (χ1v) is 5.04. The molecule has 16 heavy (non-hydrogen) atoms. The van der Waals surface area contributed by atoms with Crippen molar-refractivity contribution in [1.82, 2.24) is 4.90 Å². The second-order valence-corrected chi connectivity index (χ2v) is 3.63. The Labute approximate surface area is 94.2 Å². The van der Waals surface area contributed by atoms with Crippen molar-refractivity contribution in [2.24, 2.45) is 5.73 Å². The highest BCUT2D eigenvalue weighted by Crippen LogP contribution is 2.09. The quantitative estimate of drug-likeness (QED) is 0.821. The predicted molar refractivity (Wildman–Crippen MR) is 61.7 cm³/mol. The van der Waals surface area contributed by atoms with Gasteiger partial charge >= 0.3 is 6.03 Å². The predicted octanol–water partition coefficient (Wildman–Crippen LogP) is 1.64. The second kappa shape index (κ2) is 5.46. The monoisotopic (exact) mass is 225 g/mol. The van der Waals surface area contributed by atoms with Gasteiger partial charge in [-0.05, 0) is 31.2 Å². The molecule has 3 N–H and O–H groups in total. The van der Waals surface area contributed by atoms with Gasteiger partial charge in [0.05, 0.1) is 0 Å². The Kier molecular flexibility index (Phi) is 4.25. The van der Waals surface area contributed by atoms with Crippen molar-refractivity contribution in [2.45, 2.75) is 13.0 Å². The minimum Gasteiger partial charge on any atom is -0.328 e. The minimum atomic E-state index is -0.332. The first-order valence-electron chi connectivity index (χ1n) is 5.04. The van der Waals surface area contributed by atoms with E-state index in [1.165, 1.54) is 29.2 Å². The number of rotatable bonds is 3. The lowest BCUT2D eigenvalue weighted by Gasteiger charge is -2.23. The van der Waals surface area contributed by atoms with Gasteiger partial charge in [-0.2, -0.15) is 0 Å². The maximum Gasteiger partial charge on any atom is 0.321 e. The van der Waals surface area contributed by atoms with Gasteiger partial charge in [0.15, 0.2) is 0 Å². The number of hydrogen-bond donors (Lipinski definition) is 2. The summed E-state index contributed by atoms with van der Waals surface area (Å²) in [5.74, 6) is -0.332. The molecule has 88 valence electrons. The van der Waals surface area contributed by atoms with Crippen molar-refractivity contribution >= 4 is 11.7 Å². The standard InChI is InChI=1S/C11H16FN3O/c1-8(7-13)15(2)11(16)14-10-5-3-9(12)4-6-10/h3-6,8H,7,13H2,1-2H3,(H,14,16). The fourth-order valence-corrected chi connectivity index (χ4v) is 1.10. The Hall–Kier alpha value is -1.62. The van der Waals surface area contributed by atoms with E-state index in [4.69, 9.17) is 5.73 Å². The maximum atomic E-state index is 12.6. The summed E-state index contributed by atoms with van der Waals surface area (Å²) in [7, 11) is 1.66. The van der Waals surface area contributed by atoms with Crippen LogP contribution in [0.5, 0.6) is 0 Å². The van der Waals surface area contributed by atoms with E-state index in [-0.39, 0.29) is 17.9 Å². The number of nitrogens with zero attached hydrogens (tertiary/aromatic N) is 1. The fourth-order valence-electron chi connectivity index (χ4n) is 1.10. The van der Waals surface area contributed by atoms with E-state index in [1.807, 2.05) is 6.92 Å². The normalized spacial score (nSPS) is 12.0. The first kappa shape index (κ1) is 12.4. The molecule has 1 rings (SSSR count). The van der Waals surface area contributed by atoms with Gasteiger partial charge in [-0.1, -0.05) is 0 Å². The van der Waals surface area contributed by atoms with Gasteiger partial charge in [0.2, 0.25) is 0 Å². The van der Waals surface area contributed by atoms with Gasteiger partial charge in [-0.25, -0.2) is 9.18 Å². The third-order valence-electron chi connectivity index (χ3n) is 2.42. The molecule has 0 aliphatic rings. The Morgan fingerprint density at radius 1 is 1.50 bits per heavy atom. The van der Waals surface area contributed by atoms with Gasteiger partial charge < -0.3 is 16.0 Å². The summed E-state index contributed by atoms with van der Waals surface area (Å²) >= 11 is 0. The first-order chi connectivity index (χ1) is 7.54. The lowest BCUT2D eigenvalue weighted by atomic mass is 10.3. The highest BCUT2D eigenvalue weighted by molar-refractivity contribution is 5.89. The summed E-state index contributed by atoms with van der Waals surface area (Å²) in [4.78, 5) is 13.2. The Balaban J connectivity index is 2.60. The zero-order chi connectivity index (χ0) is 12.1. The molecule has 0 aliphatic heterocycles. The highest BCUT2D eigenvalue weighted by Gasteiger charge is 2.13. The number of hydrogen-bond acceptors (Lipinski definition) is 2.